The summed E-state index contributed by atoms with van der Waals surface area (Å²) < 4.78 is 9.21. The molecular formula is C8H18O2. The van der Waals surface area contributed by atoms with Crippen molar-refractivity contribution in [3.8, 4) is 0 Å². The van der Waals surface area contributed by atoms with Gasteiger partial charge in [-0.1, -0.05) is 20.3 Å². The summed E-state index contributed by atoms with van der Waals surface area (Å²) in [4.78, 5) is 0. The van der Waals surface area contributed by atoms with Crippen molar-refractivity contribution < 1.29 is 9.47 Å². The van der Waals surface area contributed by atoms with E-state index in [-0.39, 0.29) is 0 Å². The first-order valence-electron chi connectivity index (χ1n) is 4.00. The van der Waals surface area contributed by atoms with Gasteiger partial charge in [-0.2, -0.15) is 0 Å². The molecule has 2 aliphatic heterocycles. The summed E-state index contributed by atoms with van der Waals surface area (Å²) in [6.45, 7) is 9.29. The highest BCUT2D eigenvalue weighted by Crippen LogP contribution is 2.04. The normalized spacial score (nSPS) is 24.9. The van der Waals surface area contributed by atoms with Gasteiger partial charge in [-0.3, -0.25) is 0 Å². The highest BCUT2D eigenvalue weighted by molar-refractivity contribution is 4.58. The van der Waals surface area contributed by atoms with E-state index in [0.29, 0.717) is 6.10 Å². The zero-order valence-corrected chi connectivity index (χ0v) is 7.22. The van der Waals surface area contributed by atoms with Crippen LogP contribution in [0.5, 0.6) is 0 Å². The molecule has 0 N–H and O–H groups in total. The SMILES string of the molecule is C1CO1.CC1CO1.CCC. The van der Waals surface area contributed by atoms with Gasteiger partial charge in [0.05, 0.1) is 25.9 Å². The van der Waals surface area contributed by atoms with Gasteiger partial charge in [0.25, 0.3) is 0 Å². The van der Waals surface area contributed by atoms with Crippen LogP contribution in [-0.2, 0) is 9.47 Å². The van der Waals surface area contributed by atoms with Crippen LogP contribution in [-0.4, -0.2) is 25.9 Å². The predicted octanol–water partition coefficient (Wildman–Crippen LogP) is 1.84. The molecule has 0 spiro atoms. The Morgan fingerprint density at radius 2 is 1.50 bits per heavy atom. The molecule has 2 rings (SSSR count). The second-order valence-electron chi connectivity index (χ2n) is 2.46. The zero-order valence-electron chi connectivity index (χ0n) is 7.22. The molecule has 2 aliphatic rings. The summed E-state index contributed by atoms with van der Waals surface area (Å²) in [7, 11) is 0. The van der Waals surface area contributed by atoms with Crippen molar-refractivity contribution in [1.29, 1.82) is 0 Å². The lowest BCUT2D eigenvalue weighted by Gasteiger charge is -1.50. The molecule has 0 aromatic rings. The highest BCUT2D eigenvalue weighted by atomic mass is 16.6. The third kappa shape index (κ3) is 24.7. The molecule has 0 bridgehead atoms. The first-order valence-corrected chi connectivity index (χ1v) is 4.00. The van der Waals surface area contributed by atoms with Gasteiger partial charge in [0.2, 0.25) is 0 Å². The molecule has 0 aromatic heterocycles. The van der Waals surface area contributed by atoms with E-state index >= 15 is 0 Å². The zero-order chi connectivity index (χ0) is 7.82. The Morgan fingerprint density at radius 3 is 1.50 bits per heavy atom. The van der Waals surface area contributed by atoms with Crippen LogP contribution in [0.2, 0.25) is 0 Å². The summed E-state index contributed by atoms with van der Waals surface area (Å²) in [5, 5.41) is 0. The fourth-order valence-corrected chi connectivity index (χ4v) is 0.0962. The molecule has 0 saturated carbocycles. The summed E-state index contributed by atoms with van der Waals surface area (Å²) >= 11 is 0. The monoisotopic (exact) mass is 146 g/mol. The van der Waals surface area contributed by atoms with E-state index in [0.717, 1.165) is 19.8 Å². The molecule has 0 aliphatic carbocycles. The van der Waals surface area contributed by atoms with Crippen molar-refractivity contribution in [3.05, 3.63) is 0 Å². The third-order valence-electron chi connectivity index (χ3n) is 0.704. The number of ether oxygens (including phenoxy) is 2. The fourth-order valence-electron chi connectivity index (χ4n) is 0.0962. The molecule has 0 amide bonds. The van der Waals surface area contributed by atoms with Crippen molar-refractivity contribution in [1.82, 2.24) is 0 Å². The van der Waals surface area contributed by atoms with Gasteiger partial charge >= 0.3 is 0 Å². The van der Waals surface area contributed by atoms with Gasteiger partial charge < -0.3 is 9.47 Å². The van der Waals surface area contributed by atoms with E-state index in [1.807, 2.05) is 0 Å². The maximum Gasteiger partial charge on any atom is 0.0781 e. The van der Waals surface area contributed by atoms with Crippen LogP contribution in [0.4, 0.5) is 0 Å². The maximum atomic E-state index is 4.71. The minimum Gasteiger partial charge on any atom is -0.377 e. The van der Waals surface area contributed by atoms with Crippen LogP contribution in [0, 0.1) is 0 Å². The Morgan fingerprint density at radius 1 is 1.30 bits per heavy atom. The van der Waals surface area contributed by atoms with Crippen molar-refractivity contribution >= 4 is 0 Å². The van der Waals surface area contributed by atoms with Crippen molar-refractivity contribution in [2.24, 2.45) is 0 Å². The smallest absolute Gasteiger partial charge is 0.0781 e. The molecular weight excluding hydrogens is 128 g/mol. The molecule has 2 heterocycles. The van der Waals surface area contributed by atoms with E-state index in [9.17, 15) is 0 Å². The Kier molecular flexibility index (Phi) is 6.98. The molecule has 0 radical (unpaired) electrons. The van der Waals surface area contributed by atoms with Crippen molar-refractivity contribution in [3.63, 3.8) is 0 Å². The summed E-state index contributed by atoms with van der Waals surface area (Å²) in [5.41, 5.74) is 0. The van der Waals surface area contributed by atoms with Crippen LogP contribution in [0.3, 0.4) is 0 Å². The molecule has 10 heavy (non-hydrogen) atoms. The molecule has 2 fully saturated rings. The number of hydrogen-bond acceptors (Lipinski definition) is 2. The van der Waals surface area contributed by atoms with Crippen LogP contribution < -0.4 is 0 Å². The Bertz CT molecular complexity index is 55.5. The molecule has 2 nitrogen and oxygen atoms in total. The molecule has 1 atom stereocenters. The lowest BCUT2D eigenvalue weighted by atomic mass is 10.6. The minimum atomic E-state index is 0.583. The van der Waals surface area contributed by atoms with Crippen LogP contribution >= 0.6 is 0 Å². The standard InChI is InChI=1S/C3H6O.C3H8.C2H4O/c1-3-2-4-3;1-3-2;1-2-3-1/h3H,2H2,1H3;3H2,1-2H3;1-2H2. The second kappa shape index (κ2) is 7.03. The molecule has 2 saturated heterocycles. The topological polar surface area (TPSA) is 25.1 Å². The Labute approximate surface area is 63.5 Å². The largest absolute Gasteiger partial charge is 0.377 e. The molecule has 0 aromatic carbocycles. The van der Waals surface area contributed by atoms with Gasteiger partial charge in [0.1, 0.15) is 0 Å². The lowest BCUT2D eigenvalue weighted by molar-refractivity contribution is 0.423. The van der Waals surface area contributed by atoms with Crippen molar-refractivity contribution in [2.75, 3.05) is 19.8 Å². The van der Waals surface area contributed by atoms with Gasteiger partial charge in [0, 0.05) is 0 Å². The first kappa shape index (κ1) is 9.92. The van der Waals surface area contributed by atoms with E-state index in [2.05, 4.69) is 25.5 Å². The summed E-state index contributed by atoms with van der Waals surface area (Å²) in [5.74, 6) is 0. The summed E-state index contributed by atoms with van der Waals surface area (Å²) in [6.07, 6.45) is 1.83. The number of hydrogen-bond donors (Lipinski definition) is 0. The number of epoxide rings is 2. The van der Waals surface area contributed by atoms with E-state index in [4.69, 9.17) is 4.74 Å². The molecule has 62 valence electrons. The molecule has 2 heteroatoms. The Hall–Kier alpha value is -0.0800. The van der Waals surface area contributed by atoms with Crippen LogP contribution in [0.15, 0.2) is 0 Å². The third-order valence-corrected chi connectivity index (χ3v) is 0.704. The van der Waals surface area contributed by atoms with Crippen molar-refractivity contribution in [2.45, 2.75) is 33.3 Å². The van der Waals surface area contributed by atoms with Gasteiger partial charge in [0.15, 0.2) is 0 Å². The first-order chi connectivity index (χ1) is 4.81. The minimum absolute atomic E-state index is 0.583. The van der Waals surface area contributed by atoms with E-state index in [1.165, 1.54) is 6.42 Å². The predicted molar refractivity (Wildman–Crippen MR) is 42.2 cm³/mol. The quantitative estimate of drug-likeness (QED) is 0.487. The average molecular weight is 146 g/mol. The maximum absolute atomic E-state index is 4.71. The highest BCUT2D eigenvalue weighted by Gasteiger charge is 2.13. The summed E-state index contributed by atoms with van der Waals surface area (Å²) in [6, 6.07) is 0. The van der Waals surface area contributed by atoms with Gasteiger partial charge in [-0.15, -0.1) is 0 Å². The van der Waals surface area contributed by atoms with Crippen LogP contribution in [0.1, 0.15) is 27.2 Å². The van der Waals surface area contributed by atoms with E-state index < -0.39 is 0 Å². The van der Waals surface area contributed by atoms with E-state index in [1.54, 1.807) is 0 Å². The van der Waals surface area contributed by atoms with Gasteiger partial charge in [-0.05, 0) is 6.92 Å². The fraction of sp³-hybridized carbons (Fsp3) is 1.00. The second-order valence-corrected chi connectivity index (χ2v) is 2.46. The lowest BCUT2D eigenvalue weighted by Crippen LogP contribution is -1.60. The molecule has 1 unspecified atom stereocenters. The van der Waals surface area contributed by atoms with Crippen LogP contribution in [0.25, 0.3) is 0 Å². The number of rotatable bonds is 0. The Balaban J connectivity index is 0.000000124. The van der Waals surface area contributed by atoms with Gasteiger partial charge in [-0.25, -0.2) is 0 Å². The average Bonchev–Trinajstić information content (AvgIpc) is 2.63.